The SMILES string of the molecule is CCn1nc(C(=O)Nc2ccc(C(C)C)cc2)ccc1=O. The summed E-state index contributed by atoms with van der Waals surface area (Å²) in [7, 11) is 0. The van der Waals surface area contributed by atoms with Crippen LogP contribution in [0.1, 0.15) is 42.7 Å². The molecule has 5 nitrogen and oxygen atoms in total. The maximum atomic E-state index is 12.1. The van der Waals surface area contributed by atoms with Crippen LogP contribution in [0.25, 0.3) is 0 Å². The van der Waals surface area contributed by atoms with Gasteiger partial charge in [0.1, 0.15) is 5.69 Å². The van der Waals surface area contributed by atoms with Crippen LogP contribution in [-0.4, -0.2) is 15.7 Å². The second-order valence-corrected chi connectivity index (χ2v) is 5.10. The Morgan fingerprint density at radius 3 is 2.43 bits per heavy atom. The molecule has 1 aromatic carbocycles. The number of carbonyl (C=O) groups excluding carboxylic acids is 1. The fourth-order valence-electron chi connectivity index (χ4n) is 1.94. The van der Waals surface area contributed by atoms with Crippen molar-refractivity contribution in [1.82, 2.24) is 9.78 Å². The zero-order chi connectivity index (χ0) is 15.4. The van der Waals surface area contributed by atoms with Crippen LogP contribution in [0.3, 0.4) is 0 Å². The average Bonchev–Trinajstić information content (AvgIpc) is 2.48. The van der Waals surface area contributed by atoms with Gasteiger partial charge in [-0.3, -0.25) is 9.59 Å². The Balaban J connectivity index is 2.16. The van der Waals surface area contributed by atoms with E-state index in [1.165, 1.54) is 22.4 Å². The first-order valence-corrected chi connectivity index (χ1v) is 7.00. The van der Waals surface area contributed by atoms with Crippen LogP contribution in [0.2, 0.25) is 0 Å². The number of nitrogens with one attached hydrogen (secondary N) is 1. The van der Waals surface area contributed by atoms with E-state index in [1.54, 1.807) is 6.92 Å². The number of aryl methyl sites for hydroxylation is 1. The summed E-state index contributed by atoms with van der Waals surface area (Å²) in [5.41, 5.74) is 1.94. The molecular formula is C16H19N3O2. The highest BCUT2D eigenvalue weighted by Crippen LogP contribution is 2.17. The molecule has 2 rings (SSSR count). The van der Waals surface area contributed by atoms with Crippen LogP contribution < -0.4 is 10.9 Å². The number of carbonyl (C=O) groups is 1. The molecule has 110 valence electrons. The second-order valence-electron chi connectivity index (χ2n) is 5.10. The molecule has 1 amide bonds. The molecule has 0 unspecified atom stereocenters. The molecule has 1 aromatic heterocycles. The van der Waals surface area contributed by atoms with Gasteiger partial charge in [0.25, 0.3) is 11.5 Å². The van der Waals surface area contributed by atoms with Crippen molar-refractivity contribution in [3.8, 4) is 0 Å². The summed E-state index contributed by atoms with van der Waals surface area (Å²) in [4.78, 5) is 23.6. The molecule has 0 aliphatic heterocycles. The Hall–Kier alpha value is -2.43. The molecular weight excluding hydrogens is 266 g/mol. The molecule has 0 fully saturated rings. The van der Waals surface area contributed by atoms with Gasteiger partial charge in [0.15, 0.2) is 0 Å². The van der Waals surface area contributed by atoms with E-state index in [2.05, 4.69) is 24.3 Å². The third-order valence-corrected chi connectivity index (χ3v) is 3.23. The number of rotatable bonds is 4. The van der Waals surface area contributed by atoms with Crippen molar-refractivity contribution in [2.24, 2.45) is 0 Å². The predicted molar refractivity (Wildman–Crippen MR) is 82.7 cm³/mol. The van der Waals surface area contributed by atoms with Crippen molar-refractivity contribution in [3.63, 3.8) is 0 Å². The molecule has 21 heavy (non-hydrogen) atoms. The highest BCUT2D eigenvalue weighted by Gasteiger charge is 2.09. The first-order chi connectivity index (χ1) is 10.0. The number of amides is 1. The normalized spacial score (nSPS) is 10.7. The number of hydrogen-bond acceptors (Lipinski definition) is 3. The van der Waals surface area contributed by atoms with Gasteiger partial charge in [-0.15, -0.1) is 0 Å². The lowest BCUT2D eigenvalue weighted by atomic mass is 10.0. The lowest BCUT2D eigenvalue weighted by molar-refractivity contribution is 0.102. The molecule has 0 aliphatic rings. The summed E-state index contributed by atoms with van der Waals surface area (Å²) in [6.07, 6.45) is 0. The first-order valence-electron chi connectivity index (χ1n) is 7.00. The number of aromatic nitrogens is 2. The van der Waals surface area contributed by atoms with Crippen molar-refractivity contribution >= 4 is 11.6 Å². The summed E-state index contributed by atoms with van der Waals surface area (Å²) >= 11 is 0. The van der Waals surface area contributed by atoms with Gasteiger partial charge in [-0.05, 0) is 36.6 Å². The minimum absolute atomic E-state index is 0.213. The number of hydrogen-bond donors (Lipinski definition) is 1. The molecule has 0 aliphatic carbocycles. The zero-order valence-corrected chi connectivity index (χ0v) is 12.5. The van der Waals surface area contributed by atoms with Crippen LogP contribution in [0.15, 0.2) is 41.2 Å². The zero-order valence-electron chi connectivity index (χ0n) is 12.5. The predicted octanol–water partition coefficient (Wildman–Crippen LogP) is 2.64. The van der Waals surface area contributed by atoms with Crippen LogP contribution >= 0.6 is 0 Å². The number of anilines is 1. The van der Waals surface area contributed by atoms with Gasteiger partial charge in [-0.25, -0.2) is 4.68 Å². The average molecular weight is 285 g/mol. The smallest absolute Gasteiger partial charge is 0.276 e. The van der Waals surface area contributed by atoms with Gasteiger partial charge < -0.3 is 5.32 Å². The monoisotopic (exact) mass is 285 g/mol. The van der Waals surface area contributed by atoms with E-state index in [4.69, 9.17) is 0 Å². The fraction of sp³-hybridized carbons (Fsp3) is 0.312. The lowest BCUT2D eigenvalue weighted by Crippen LogP contribution is -2.25. The molecule has 0 radical (unpaired) electrons. The first kappa shape index (κ1) is 15.0. The minimum atomic E-state index is -0.325. The highest BCUT2D eigenvalue weighted by molar-refractivity contribution is 6.02. The molecule has 1 N–H and O–H groups in total. The Morgan fingerprint density at radius 2 is 1.86 bits per heavy atom. The van der Waals surface area contributed by atoms with Crippen molar-refractivity contribution < 1.29 is 4.79 Å². The summed E-state index contributed by atoms with van der Waals surface area (Å²) in [5, 5.41) is 6.80. The quantitative estimate of drug-likeness (QED) is 0.939. The van der Waals surface area contributed by atoms with E-state index in [9.17, 15) is 9.59 Å². The minimum Gasteiger partial charge on any atom is -0.321 e. The van der Waals surface area contributed by atoms with Crippen molar-refractivity contribution in [2.75, 3.05) is 5.32 Å². The topological polar surface area (TPSA) is 64.0 Å². The summed E-state index contributed by atoms with van der Waals surface area (Å²) < 4.78 is 1.26. The van der Waals surface area contributed by atoms with E-state index in [0.29, 0.717) is 18.2 Å². The van der Waals surface area contributed by atoms with E-state index in [0.717, 1.165) is 0 Å². The van der Waals surface area contributed by atoms with Crippen LogP contribution in [-0.2, 0) is 6.54 Å². The van der Waals surface area contributed by atoms with E-state index in [-0.39, 0.29) is 17.2 Å². The van der Waals surface area contributed by atoms with Gasteiger partial charge in [-0.1, -0.05) is 26.0 Å². The Bertz CT molecular complexity index is 687. The summed E-state index contributed by atoms with van der Waals surface area (Å²) in [6, 6.07) is 10.5. The highest BCUT2D eigenvalue weighted by atomic mass is 16.2. The number of benzene rings is 1. The summed E-state index contributed by atoms with van der Waals surface area (Å²) in [5.74, 6) is 0.124. The lowest BCUT2D eigenvalue weighted by Gasteiger charge is -2.09. The molecule has 0 saturated heterocycles. The van der Waals surface area contributed by atoms with Crippen molar-refractivity contribution in [3.05, 3.63) is 58.0 Å². The van der Waals surface area contributed by atoms with E-state index >= 15 is 0 Å². The molecule has 1 heterocycles. The maximum absolute atomic E-state index is 12.1. The largest absolute Gasteiger partial charge is 0.321 e. The van der Waals surface area contributed by atoms with Crippen LogP contribution in [0.5, 0.6) is 0 Å². The maximum Gasteiger partial charge on any atom is 0.276 e. The van der Waals surface area contributed by atoms with Gasteiger partial charge in [-0.2, -0.15) is 5.10 Å². The molecule has 5 heteroatoms. The Labute approximate surface area is 123 Å². The van der Waals surface area contributed by atoms with Gasteiger partial charge in [0.05, 0.1) is 0 Å². The standard InChI is InChI=1S/C16H19N3O2/c1-4-19-15(20)10-9-14(18-19)16(21)17-13-7-5-12(6-8-13)11(2)3/h5-11H,4H2,1-3H3,(H,17,21). The van der Waals surface area contributed by atoms with E-state index < -0.39 is 0 Å². The number of nitrogens with zero attached hydrogens (tertiary/aromatic N) is 2. The Kier molecular flexibility index (Phi) is 4.52. The van der Waals surface area contributed by atoms with Crippen LogP contribution in [0, 0.1) is 0 Å². The van der Waals surface area contributed by atoms with Crippen LogP contribution in [0.4, 0.5) is 5.69 Å². The Morgan fingerprint density at radius 1 is 1.19 bits per heavy atom. The molecule has 2 aromatic rings. The third-order valence-electron chi connectivity index (χ3n) is 3.23. The third kappa shape index (κ3) is 3.56. The van der Waals surface area contributed by atoms with Gasteiger partial charge >= 0.3 is 0 Å². The van der Waals surface area contributed by atoms with Gasteiger partial charge in [0, 0.05) is 18.3 Å². The molecule has 0 bridgehead atoms. The van der Waals surface area contributed by atoms with Crippen molar-refractivity contribution in [2.45, 2.75) is 33.2 Å². The second kappa shape index (κ2) is 6.35. The molecule has 0 atom stereocenters. The molecule has 0 saturated carbocycles. The van der Waals surface area contributed by atoms with Crippen molar-refractivity contribution in [1.29, 1.82) is 0 Å². The molecule has 0 spiro atoms. The van der Waals surface area contributed by atoms with Gasteiger partial charge in [0.2, 0.25) is 0 Å². The fourth-order valence-corrected chi connectivity index (χ4v) is 1.94. The summed E-state index contributed by atoms with van der Waals surface area (Å²) in [6.45, 7) is 6.47. The van der Waals surface area contributed by atoms with E-state index in [1.807, 2.05) is 24.3 Å².